The number of amides is 1. The fourth-order valence-corrected chi connectivity index (χ4v) is 4.70. The maximum Gasteiger partial charge on any atom is 0.264 e. The summed E-state index contributed by atoms with van der Waals surface area (Å²) in [6.07, 6.45) is 2.72. The highest BCUT2D eigenvalue weighted by Crippen LogP contribution is 2.39. The number of aryl methyl sites for hydroxylation is 1. The second kappa shape index (κ2) is 10.9. The number of benzene rings is 3. The van der Waals surface area contributed by atoms with E-state index in [1.165, 1.54) is 30.5 Å². The molecule has 8 heteroatoms. The van der Waals surface area contributed by atoms with Crippen LogP contribution < -0.4 is 14.8 Å². The number of thioether (sulfide) groups is 1. The molecule has 0 saturated carbocycles. The number of methoxy groups -OCH3 is 1. The molecule has 0 atom stereocenters. The summed E-state index contributed by atoms with van der Waals surface area (Å²) in [4.78, 5) is 17.5. The maximum absolute atomic E-state index is 13.9. The predicted octanol–water partition coefficient (Wildman–Crippen LogP) is 6.63. The quantitative estimate of drug-likeness (QED) is 0.341. The van der Waals surface area contributed by atoms with E-state index >= 15 is 0 Å². The van der Waals surface area contributed by atoms with Crippen molar-refractivity contribution in [3.63, 3.8) is 0 Å². The van der Waals surface area contributed by atoms with Crippen LogP contribution in [-0.2, 0) is 17.8 Å². The van der Waals surface area contributed by atoms with Crippen LogP contribution in [0.4, 0.5) is 10.1 Å². The van der Waals surface area contributed by atoms with Gasteiger partial charge in [0.05, 0.1) is 22.2 Å². The number of aliphatic imine (C=N–C) groups is 1. The molecule has 1 heterocycles. The molecule has 0 radical (unpaired) electrons. The Kier molecular flexibility index (Phi) is 7.70. The Morgan fingerprint density at radius 2 is 1.91 bits per heavy atom. The van der Waals surface area contributed by atoms with E-state index in [-0.39, 0.29) is 18.3 Å². The second-order valence-electron chi connectivity index (χ2n) is 7.42. The third kappa shape index (κ3) is 5.69. The molecular formula is C26H22BrFN2O3S. The zero-order valence-corrected chi connectivity index (χ0v) is 21.0. The van der Waals surface area contributed by atoms with Crippen molar-refractivity contribution in [2.45, 2.75) is 20.0 Å². The first-order valence-electron chi connectivity index (χ1n) is 10.6. The fourth-order valence-electron chi connectivity index (χ4n) is 3.28. The molecule has 1 saturated heterocycles. The lowest BCUT2D eigenvalue weighted by Crippen LogP contribution is -2.19. The lowest BCUT2D eigenvalue weighted by Gasteiger charge is -2.14. The monoisotopic (exact) mass is 540 g/mol. The van der Waals surface area contributed by atoms with Gasteiger partial charge in [0.25, 0.3) is 5.91 Å². The van der Waals surface area contributed by atoms with Gasteiger partial charge >= 0.3 is 0 Å². The molecule has 1 fully saturated rings. The van der Waals surface area contributed by atoms with Crippen molar-refractivity contribution in [1.82, 2.24) is 5.32 Å². The number of ether oxygens (including phenoxy) is 2. The van der Waals surface area contributed by atoms with Gasteiger partial charge < -0.3 is 14.8 Å². The van der Waals surface area contributed by atoms with Crippen molar-refractivity contribution >= 4 is 50.5 Å². The summed E-state index contributed by atoms with van der Waals surface area (Å²) in [6.45, 7) is 2.15. The molecular weight excluding hydrogens is 519 g/mol. The number of rotatable bonds is 7. The van der Waals surface area contributed by atoms with Crippen LogP contribution >= 0.6 is 27.7 Å². The summed E-state index contributed by atoms with van der Waals surface area (Å²) in [6, 6.07) is 17.9. The van der Waals surface area contributed by atoms with Gasteiger partial charge in [-0.15, -0.1) is 0 Å². The molecule has 1 amide bonds. The number of carbonyl (C=O) groups is 1. The van der Waals surface area contributed by atoms with Gasteiger partial charge in [0.2, 0.25) is 0 Å². The molecule has 1 aliphatic rings. The molecule has 34 heavy (non-hydrogen) atoms. The zero-order valence-electron chi connectivity index (χ0n) is 18.6. The second-order valence-corrected chi connectivity index (χ2v) is 9.30. The Hall–Kier alpha value is -3.10. The molecule has 0 bridgehead atoms. The van der Waals surface area contributed by atoms with Crippen LogP contribution in [-0.4, -0.2) is 18.2 Å². The Balaban J connectivity index is 1.53. The van der Waals surface area contributed by atoms with E-state index in [1.807, 2.05) is 30.3 Å². The Morgan fingerprint density at radius 1 is 1.15 bits per heavy atom. The molecule has 1 N–H and O–H groups in total. The number of hydrogen-bond donors (Lipinski definition) is 1. The third-order valence-corrected chi connectivity index (χ3v) is 6.60. The Bertz CT molecular complexity index is 1280. The summed E-state index contributed by atoms with van der Waals surface area (Å²) in [7, 11) is 1.53. The van der Waals surface area contributed by atoms with Crippen LogP contribution in [0.25, 0.3) is 6.08 Å². The lowest BCUT2D eigenvalue weighted by atomic mass is 10.1. The molecule has 1 aliphatic heterocycles. The highest BCUT2D eigenvalue weighted by molar-refractivity contribution is 9.10. The van der Waals surface area contributed by atoms with Crippen molar-refractivity contribution in [3.05, 3.63) is 92.5 Å². The van der Waals surface area contributed by atoms with Crippen LogP contribution in [0.2, 0.25) is 0 Å². The van der Waals surface area contributed by atoms with Crippen molar-refractivity contribution in [2.75, 3.05) is 7.11 Å². The van der Waals surface area contributed by atoms with Gasteiger partial charge in [-0.25, -0.2) is 9.38 Å². The zero-order chi connectivity index (χ0) is 24.1. The summed E-state index contributed by atoms with van der Waals surface area (Å²) >= 11 is 4.78. The highest BCUT2D eigenvalue weighted by Gasteiger charge is 2.24. The maximum atomic E-state index is 13.9. The Labute approximate surface area is 210 Å². The van der Waals surface area contributed by atoms with E-state index in [4.69, 9.17) is 9.47 Å². The average molecular weight is 541 g/mol. The SMILES string of the molecule is CCc1ccc(N=C2NC(=O)/C(=C/c3cc(Br)c(OCc4ccccc4F)c(OC)c3)S2)cc1. The van der Waals surface area contributed by atoms with Gasteiger partial charge in [-0.1, -0.05) is 37.3 Å². The van der Waals surface area contributed by atoms with E-state index in [0.29, 0.717) is 31.6 Å². The highest BCUT2D eigenvalue weighted by atomic mass is 79.9. The molecule has 3 aromatic rings. The summed E-state index contributed by atoms with van der Waals surface area (Å²) in [5.74, 6) is 0.367. The van der Waals surface area contributed by atoms with E-state index in [1.54, 1.807) is 30.3 Å². The van der Waals surface area contributed by atoms with Crippen LogP contribution in [0.3, 0.4) is 0 Å². The summed E-state index contributed by atoms with van der Waals surface area (Å²) < 4.78 is 25.9. The molecule has 5 nitrogen and oxygen atoms in total. The first-order valence-corrected chi connectivity index (χ1v) is 12.2. The van der Waals surface area contributed by atoms with E-state index in [0.717, 1.165) is 17.7 Å². The predicted molar refractivity (Wildman–Crippen MR) is 138 cm³/mol. The first kappa shape index (κ1) is 24.0. The number of amidine groups is 1. The van der Waals surface area contributed by atoms with Crippen LogP contribution in [0.5, 0.6) is 11.5 Å². The van der Waals surface area contributed by atoms with Gasteiger partial charge in [0.15, 0.2) is 16.7 Å². The van der Waals surface area contributed by atoms with E-state index < -0.39 is 0 Å². The van der Waals surface area contributed by atoms with Gasteiger partial charge in [-0.3, -0.25) is 4.79 Å². The molecule has 3 aromatic carbocycles. The fraction of sp³-hybridized carbons (Fsp3) is 0.154. The minimum Gasteiger partial charge on any atom is -0.493 e. The van der Waals surface area contributed by atoms with Crippen molar-refractivity contribution in [3.8, 4) is 11.5 Å². The van der Waals surface area contributed by atoms with Crippen LogP contribution in [0.1, 0.15) is 23.6 Å². The van der Waals surface area contributed by atoms with Crippen LogP contribution in [0, 0.1) is 5.82 Å². The Morgan fingerprint density at radius 3 is 2.62 bits per heavy atom. The topological polar surface area (TPSA) is 59.9 Å². The van der Waals surface area contributed by atoms with Gasteiger partial charge in [0, 0.05) is 5.56 Å². The van der Waals surface area contributed by atoms with Crippen molar-refractivity contribution in [2.24, 2.45) is 4.99 Å². The molecule has 0 unspecified atom stereocenters. The summed E-state index contributed by atoms with van der Waals surface area (Å²) in [5, 5.41) is 3.33. The number of hydrogen-bond acceptors (Lipinski definition) is 5. The normalized spacial score (nSPS) is 15.6. The minimum absolute atomic E-state index is 0.0549. The molecule has 0 aliphatic carbocycles. The molecule has 174 valence electrons. The van der Waals surface area contributed by atoms with Gasteiger partial charge in [0.1, 0.15) is 12.4 Å². The molecule has 4 rings (SSSR count). The molecule has 0 aromatic heterocycles. The van der Waals surface area contributed by atoms with E-state index in [9.17, 15) is 9.18 Å². The van der Waals surface area contributed by atoms with Crippen molar-refractivity contribution < 1.29 is 18.7 Å². The number of carbonyl (C=O) groups excluding carboxylic acids is 1. The van der Waals surface area contributed by atoms with Gasteiger partial charge in [-0.05, 0) is 81.6 Å². The molecule has 0 spiro atoms. The van der Waals surface area contributed by atoms with Crippen molar-refractivity contribution in [1.29, 1.82) is 0 Å². The van der Waals surface area contributed by atoms with E-state index in [2.05, 4.69) is 33.2 Å². The lowest BCUT2D eigenvalue weighted by molar-refractivity contribution is -0.115. The van der Waals surface area contributed by atoms with Gasteiger partial charge in [-0.2, -0.15) is 0 Å². The number of nitrogens with one attached hydrogen (secondary N) is 1. The smallest absolute Gasteiger partial charge is 0.264 e. The number of nitrogens with zero attached hydrogens (tertiary/aromatic N) is 1. The number of halogens is 2. The minimum atomic E-state index is -0.331. The average Bonchev–Trinajstić information content (AvgIpc) is 3.17. The van der Waals surface area contributed by atoms with Crippen LogP contribution in [0.15, 0.2) is 75.0 Å². The first-order chi connectivity index (χ1) is 16.5. The largest absolute Gasteiger partial charge is 0.493 e. The standard InChI is InChI=1S/C26H22BrFN2O3S/c1-3-16-8-10-19(11-9-16)29-26-30-25(31)23(34-26)14-17-12-20(27)24(22(13-17)32-2)33-15-18-6-4-5-7-21(18)28/h4-14H,3,15H2,1-2H3,(H,29,30,31)/b23-14-. The third-order valence-electron chi connectivity index (χ3n) is 5.11. The summed E-state index contributed by atoms with van der Waals surface area (Å²) in [5.41, 5.74) is 3.20.